The monoisotopic (exact) mass is 483 g/mol. The third kappa shape index (κ3) is 5.18. The molecule has 0 radical (unpaired) electrons. The molecule has 0 aliphatic carbocycles. The third-order valence-corrected chi connectivity index (χ3v) is 5.71. The maximum atomic E-state index is 12.5. The van der Waals surface area contributed by atoms with E-state index in [-0.39, 0.29) is 23.9 Å². The molecular formula is C22H22BrN5O3. The van der Waals surface area contributed by atoms with Crippen LogP contribution in [0.5, 0.6) is 0 Å². The van der Waals surface area contributed by atoms with Crippen molar-refractivity contribution in [2.75, 3.05) is 32.7 Å². The smallest absolute Gasteiger partial charge is 0.258 e. The number of fused-ring (bicyclic) bond motifs is 1. The molecule has 31 heavy (non-hydrogen) atoms. The highest BCUT2D eigenvalue weighted by Crippen LogP contribution is 2.11. The van der Waals surface area contributed by atoms with E-state index in [0.29, 0.717) is 43.9 Å². The summed E-state index contributed by atoms with van der Waals surface area (Å²) in [4.78, 5) is 45.4. The molecule has 2 aromatic heterocycles. The minimum atomic E-state index is -0.276. The van der Waals surface area contributed by atoms with E-state index in [1.54, 1.807) is 41.4 Å². The van der Waals surface area contributed by atoms with Gasteiger partial charge in [-0.1, -0.05) is 28.1 Å². The van der Waals surface area contributed by atoms with Gasteiger partial charge in [0, 0.05) is 55.0 Å². The Balaban J connectivity index is 1.28. The molecule has 9 heteroatoms. The number of halogens is 1. The first kappa shape index (κ1) is 21.2. The third-order valence-electron chi connectivity index (χ3n) is 5.22. The second-order valence-corrected chi connectivity index (χ2v) is 8.28. The van der Waals surface area contributed by atoms with Gasteiger partial charge in [-0.2, -0.15) is 0 Å². The molecule has 1 saturated heterocycles. The predicted octanol–water partition coefficient (Wildman–Crippen LogP) is 1.53. The van der Waals surface area contributed by atoms with E-state index in [0.717, 1.165) is 10.2 Å². The van der Waals surface area contributed by atoms with Crippen molar-refractivity contribution in [1.82, 2.24) is 24.5 Å². The van der Waals surface area contributed by atoms with Crippen molar-refractivity contribution in [2.45, 2.75) is 6.54 Å². The molecule has 0 spiro atoms. The number of carbonyl (C=O) groups is 2. The zero-order valence-electron chi connectivity index (χ0n) is 16.8. The summed E-state index contributed by atoms with van der Waals surface area (Å²) in [5.74, 6) is -0.382. The van der Waals surface area contributed by atoms with Crippen LogP contribution >= 0.6 is 15.9 Å². The molecule has 1 aromatic carbocycles. The lowest BCUT2D eigenvalue weighted by Crippen LogP contribution is -2.51. The van der Waals surface area contributed by atoms with Crippen LogP contribution in [0.25, 0.3) is 5.65 Å². The molecule has 8 nitrogen and oxygen atoms in total. The highest BCUT2D eigenvalue weighted by Gasteiger charge is 2.22. The molecule has 0 unspecified atom stereocenters. The molecule has 0 saturated carbocycles. The van der Waals surface area contributed by atoms with Crippen LogP contribution in [0.3, 0.4) is 0 Å². The van der Waals surface area contributed by atoms with Gasteiger partial charge < -0.3 is 10.2 Å². The fraction of sp³-hybridized carbons (Fsp3) is 0.273. The largest absolute Gasteiger partial charge is 0.343 e. The van der Waals surface area contributed by atoms with Gasteiger partial charge in [0.15, 0.2) is 0 Å². The number of amides is 2. The van der Waals surface area contributed by atoms with E-state index in [1.165, 1.54) is 4.40 Å². The van der Waals surface area contributed by atoms with Crippen LogP contribution in [0.1, 0.15) is 16.1 Å². The molecular weight excluding hydrogens is 462 g/mol. The molecule has 3 heterocycles. The lowest BCUT2D eigenvalue weighted by atomic mass is 10.2. The first-order valence-electron chi connectivity index (χ1n) is 10.0. The van der Waals surface area contributed by atoms with E-state index in [4.69, 9.17) is 0 Å². The summed E-state index contributed by atoms with van der Waals surface area (Å²) < 4.78 is 2.33. The molecule has 1 N–H and O–H groups in total. The van der Waals surface area contributed by atoms with Gasteiger partial charge in [0.1, 0.15) is 5.65 Å². The first-order chi connectivity index (χ1) is 15.0. The molecule has 0 bridgehead atoms. The number of benzene rings is 1. The molecule has 1 aliphatic rings. The molecule has 160 valence electrons. The summed E-state index contributed by atoms with van der Waals surface area (Å²) in [5, 5.41) is 2.69. The van der Waals surface area contributed by atoms with Gasteiger partial charge in [0.25, 0.3) is 11.5 Å². The number of hydrogen-bond donors (Lipinski definition) is 1. The SMILES string of the molecule is O=C(NCC(=O)N1CCN(Cc2cc(=O)n3ccccc3n2)CC1)c1cccc(Br)c1. The average Bonchev–Trinajstić information content (AvgIpc) is 2.78. The van der Waals surface area contributed by atoms with Gasteiger partial charge in [-0.05, 0) is 30.3 Å². The number of hydrogen-bond acceptors (Lipinski definition) is 5. The second kappa shape index (κ2) is 9.40. The lowest BCUT2D eigenvalue weighted by molar-refractivity contribution is -0.131. The zero-order valence-corrected chi connectivity index (χ0v) is 18.4. The van der Waals surface area contributed by atoms with Crippen LogP contribution in [0.15, 0.2) is 64.0 Å². The van der Waals surface area contributed by atoms with Crippen molar-refractivity contribution >= 4 is 33.4 Å². The lowest BCUT2D eigenvalue weighted by Gasteiger charge is -2.34. The van der Waals surface area contributed by atoms with Gasteiger partial charge in [0.2, 0.25) is 5.91 Å². The molecule has 4 rings (SSSR count). The summed E-state index contributed by atoms with van der Waals surface area (Å²) in [6, 6.07) is 14.1. The Bertz CT molecular complexity index is 1170. The van der Waals surface area contributed by atoms with Crippen molar-refractivity contribution in [2.24, 2.45) is 0 Å². The quantitative estimate of drug-likeness (QED) is 0.594. The predicted molar refractivity (Wildman–Crippen MR) is 120 cm³/mol. The molecule has 1 fully saturated rings. The molecule has 0 atom stereocenters. The normalized spacial score (nSPS) is 14.5. The van der Waals surface area contributed by atoms with Crippen LogP contribution < -0.4 is 10.9 Å². The fourth-order valence-electron chi connectivity index (χ4n) is 3.57. The van der Waals surface area contributed by atoms with Gasteiger partial charge in [-0.15, -0.1) is 0 Å². The summed E-state index contributed by atoms with van der Waals surface area (Å²) >= 11 is 3.34. The highest BCUT2D eigenvalue weighted by molar-refractivity contribution is 9.10. The van der Waals surface area contributed by atoms with Crippen molar-refractivity contribution in [3.05, 3.63) is 80.8 Å². The number of nitrogens with zero attached hydrogens (tertiary/aromatic N) is 4. The van der Waals surface area contributed by atoms with Gasteiger partial charge in [-0.3, -0.25) is 23.7 Å². The van der Waals surface area contributed by atoms with E-state index in [2.05, 4.69) is 31.1 Å². The van der Waals surface area contributed by atoms with Crippen molar-refractivity contribution in [3.8, 4) is 0 Å². The maximum absolute atomic E-state index is 12.5. The number of piperazine rings is 1. The Morgan fingerprint density at radius 2 is 1.84 bits per heavy atom. The van der Waals surface area contributed by atoms with Crippen LogP contribution in [0.4, 0.5) is 0 Å². The van der Waals surface area contributed by atoms with Crippen LogP contribution in [-0.2, 0) is 11.3 Å². The van der Waals surface area contributed by atoms with Crippen LogP contribution in [0.2, 0.25) is 0 Å². The highest BCUT2D eigenvalue weighted by atomic mass is 79.9. The van der Waals surface area contributed by atoms with Crippen molar-refractivity contribution in [3.63, 3.8) is 0 Å². The minimum absolute atomic E-state index is 0.0334. The fourth-order valence-corrected chi connectivity index (χ4v) is 3.97. The molecule has 1 aliphatic heterocycles. The Morgan fingerprint density at radius 3 is 2.61 bits per heavy atom. The van der Waals surface area contributed by atoms with Crippen molar-refractivity contribution < 1.29 is 9.59 Å². The average molecular weight is 484 g/mol. The number of carbonyl (C=O) groups excluding carboxylic acids is 2. The minimum Gasteiger partial charge on any atom is -0.343 e. The summed E-state index contributed by atoms with van der Waals surface area (Å²) in [5.41, 5.74) is 1.75. The Hall–Kier alpha value is -3.04. The first-order valence-corrected chi connectivity index (χ1v) is 10.8. The topological polar surface area (TPSA) is 87.0 Å². The Morgan fingerprint density at radius 1 is 1.03 bits per heavy atom. The Labute approximate surface area is 187 Å². The zero-order chi connectivity index (χ0) is 21.8. The number of pyridine rings is 1. The van der Waals surface area contributed by atoms with E-state index < -0.39 is 0 Å². The Kier molecular flexibility index (Phi) is 6.43. The van der Waals surface area contributed by atoms with Crippen LogP contribution in [0, 0.1) is 0 Å². The van der Waals surface area contributed by atoms with Gasteiger partial charge >= 0.3 is 0 Å². The number of aromatic nitrogens is 2. The number of rotatable bonds is 5. The van der Waals surface area contributed by atoms with Crippen molar-refractivity contribution in [1.29, 1.82) is 0 Å². The van der Waals surface area contributed by atoms with E-state index in [1.807, 2.05) is 18.2 Å². The van der Waals surface area contributed by atoms with E-state index in [9.17, 15) is 14.4 Å². The van der Waals surface area contributed by atoms with E-state index >= 15 is 0 Å². The van der Waals surface area contributed by atoms with Gasteiger partial charge in [0.05, 0.1) is 12.2 Å². The van der Waals surface area contributed by atoms with Crippen LogP contribution in [-0.4, -0.2) is 63.7 Å². The standard InChI is InChI=1S/C22H22BrN5O3/c23-17-5-3-4-16(12-17)22(31)24-14-21(30)27-10-8-26(9-11-27)15-18-13-20(29)28-7-2-1-6-19(28)25-18/h1-7,12-13H,8-11,14-15H2,(H,24,31). The summed E-state index contributed by atoms with van der Waals surface area (Å²) in [6.07, 6.45) is 1.70. The molecule has 3 aromatic rings. The summed E-state index contributed by atoms with van der Waals surface area (Å²) in [7, 11) is 0. The summed E-state index contributed by atoms with van der Waals surface area (Å²) in [6.45, 7) is 3.02. The van der Waals surface area contributed by atoms with Gasteiger partial charge in [-0.25, -0.2) is 4.98 Å². The molecule has 2 amide bonds. The second-order valence-electron chi connectivity index (χ2n) is 7.36. The number of nitrogens with one attached hydrogen (secondary N) is 1. The maximum Gasteiger partial charge on any atom is 0.258 e.